The number of nitrogens with zero attached hydrogens (tertiary/aromatic N) is 2. The van der Waals surface area contributed by atoms with Crippen LogP contribution in [0.2, 0.25) is 0 Å². The zero-order chi connectivity index (χ0) is 14.6. The molecule has 2 fully saturated rings. The van der Waals surface area contributed by atoms with E-state index in [9.17, 15) is 0 Å². The van der Waals surface area contributed by atoms with Gasteiger partial charge in [-0.3, -0.25) is 0 Å². The highest BCUT2D eigenvalue weighted by Crippen LogP contribution is 2.39. The van der Waals surface area contributed by atoms with Crippen molar-refractivity contribution < 1.29 is 0 Å². The van der Waals surface area contributed by atoms with Gasteiger partial charge in [0.25, 0.3) is 0 Å². The smallest absolute Gasteiger partial charge is 0.0110 e. The maximum atomic E-state index is 3.57. The van der Waals surface area contributed by atoms with E-state index in [0.717, 1.165) is 12.0 Å². The van der Waals surface area contributed by atoms with Gasteiger partial charge in [0.1, 0.15) is 0 Å². The summed E-state index contributed by atoms with van der Waals surface area (Å²) in [4.78, 5) is 5.33. The van der Waals surface area contributed by atoms with E-state index in [1.165, 1.54) is 65.0 Å². The van der Waals surface area contributed by atoms with Gasteiger partial charge in [0.15, 0.2) is 0 Å². The zero-order valence-corrected chi connectivity index (χ0v) is 14.1. The third kappa shape index (κ3) is 4.44. The topological polar surface area (TPSA) is 18.5 Å². The molecule has 1 saturated heterocycles. The molecule has 118 valence electrons. The fraction of sp³-hybridized carbons (Fsp3) is 1.00. The Balaban J connectivity index is 1.82. The lowest BCUT2D eigenvalue weighted by Gasteiger charge is -2.44. The van der Waals surface area contributed by atoms with E-state index in [-0.39, 0.29) is 0 Å². The molecule has 0 aromatic rings. The SMILES string of the molecule is CCCN1CCN(CC2CC(C)(C)CCC2NC)CC1. The Morgan fingerprint density at radius 1 is 1.10 bits per heavy atom. The van der Waals surface area contributed by atoms with Gasteiger partial charge in [0.2, 0.25) is 0 Å². The number of hydrogen-bond donors (Lipinski definition) is 1. The summed E-state index contributed by atoms with van der Waals surface area (Å²) in [5.41, 5.74) is 0.544. The molecular formula is C17H35N3. The molecular weight excluding hydrogens is 246 g/mol. The molecule has 3 heteroatoms. The van der Waals surface area contributed by atoms with Crippen molar-refractivity contribution in [3.05, 3.63) is 0 Å². The number of nitrogens with one attached hydrogen (secondary N) is 1. The van der Waals surface area contributed by atoms with Crippen molar-refractivity contribution in [3.8, 4) is 0 Å². The van der Waals surface area contributed by atoms with Crippen LogP contribution in [0.4, 0.5) is 0 Å². The molecule has 0 aromatic heterocycles. The summed E-state index contributed by atoms with van der Waals surface area (Å²) in [7, 11) is 2.15. The first-order valence-corrected chi connectivity index (χ1v) is 8.66. The molecule has 1 heterocycles. The minimum absolute atomic E-state index is 0.544. The van der Waals surface area contributed by atoms with Crippen molar-refractivity contribution in [2.24, 2.45) is 11.3 Å². The number of piperazine rings is 1. The van der Waals surface area contributed by atoms with E-state index in [0.29, 0.717) is 5.41 Å². The average Bonchev–Trinajstić information content (AvgIpc) is 2.41. The first-order chi connectivity index (χ1) is 9.54. The maximum absolute atomic E-state index is 3.57. The van der Waals surface area contributed by atoms with Crippen LogP contribution in [-0.4, -0.2) is 62.2 Å². The van der Waals surface area contributed by atoms with Crippen molar-refractivity contribution >= 4 is 0 Å². The molecule has 0 bridgehead atoms. The Hall–Kier alpha value is -0.120. The maximum Gasteiger partial charge on any atom is 0.0110 e. The van der Waals surface area contributed by atoms with Crippen molar-refractivity contribution in [2.75, 3.05) is 46.3 Å². The first-order valence-electron chi connectivity index (χ1n) is 8.66. The van der Waals surface area contributed by atoms with Gasteiger partial charge < -0.3 is 15.1 Å². The average molecular weight is 281 g/mol. The summed E-state index contributed by atoms with van der Waals surface area (Å²) in [6.07, 6.45) is 5.40. The van der Waals surface area contributed by atoms with Crippen LogP contribution in [0, 0.1) is 11.3 Å². The lowest BCUT2D eigenvalue weighted by atomic mass is 9.69. The Kier molecular flexibility index (Phi) is 5.88. The van der Waals surface area contributed by atoms with Crippen LogP contribution in [0.15, 0.2) is 0 Å². The minimum Gasteiger partial charge on any atom is -0.317 e. The van der Waals surface area contributed by atoms with Gasteiger partial charge in [0.05, 0.1) is 0 Å². The van der Waals surface area contributed by atoms with Gasteiger partial charge in [0, 0.05) is 38.8 Å². The third-order valence-corrected chi connectivity index (χ3v) is 5.38. The van der Waals surface area contributed by atoms with Crippen molar-refractivity contribution in [3.63, 3.8) is 0 Å². The van der Waals surface area contributed by atoms with Crippen LogP contribution in [0.25, 0.3) is 0 Å². The summed E-state index contributed by atoms with van der Waals surface area (Å²) in [5.74, 6) is 0.835. The van der Waals surface area contributed by atoms with Gasteiger partial charge >= 0.3 is 0 Å². The minimum atomic E-state index is 0.544. The molecule has 2 rings (SSSR count). The predicted octanol–water partition coefficient (Wildman–Crippen LogP) is 2.43. The molecule has 2 atom stereocenters. The number of hydrogen-bond acceptors (Lipinski definition) is 3. The molecule has 0 aromatic carbocycles. The highest BCUT2D eigenvalue weighted by molar-refractivity contribution is 4.90. The Labute approximate surface area is 126 Å². The summed E-state index contributed by atoms with van der Waals surface area (Å²) in [6.45, 7) is 14.9. The highest BCUT2D eigenvalue weighted by Gasteiger charge is 2.35. The second-order valence-corrected chi connectivity index (χ2v) is 7.70. The van der Waals surface area contributed by atoms with Gasteiger partial charge in [-0.25, -0.2) is 0 Å². The summed E-state index contributed by atoms with van der Waals surface area (Å²) < 4.78 is 0. The largest absolute Gasteiger partial charge is 0.317 e. The molecule has 2 unspecified atom stereocenters. The predicted molar refractivity (Wildman–Crippen MR) is 87.1 cm³/mol. The van der Waals surface area contributed by atoms with Crippen LogP contribution in [0.5, 0.6) is 0 Å². The van der Waals surface area contributed by atoms with Crippen LogP contribution in [0.1, 0.15) is 46.5 Å². The molecule has 0 radical (unpaired) electrons. The Morgan fingerprint density at radius 2 is 1.75 bits per heavy atom. The van der Waals surface area contributed by atoms with Crippen LogP contribution in [-0.2, 0) is 0 Å². The molecule has 20 heavy (non-hydrogen) atoms. The lowest BCUT2D eigenvalue weighted by molar-refractivity contribution is 0.0720. The van der Waals surface area contributed by atoms with Crippen LogP contribution in [0.3, 0.4) is 0 Å². The van der Waals surface area contributed by atoms with Gasteiger partial charge in [-0.05, 0) is 50.6 Å². The first kappa shape index (κ1) is 16.3. The molecule has 1 N–H and O–H groups in total. The van der Waals surface area contributed by atoms with E-state index >= 15 is 0 Å². The fourth-order valence-corrected chi connectivity index (χ4v) is 4.15. The van der Waals surface area contributed by atoms with E-state index < -0.39 is 0 Å². The molecule has 3 nitrogen and oxygen atoms in total. The quantitative estimate of drug-likeness (QED) is 0.835. The summed E-state index contributed by atoms with van der Waals surface area (Å²) >= 11 is 0. The van der Waals surface area contributed by atoms with Gasteiger partial charge in [-0.1, -0.05) is 20.8 Å². The molecule has 1 saturated carbocycles. The zero-order valence-electron chi connectivity index (χ0n) is 14.1. The normalized spacial score (nSPS) is 32.4. The van der Waals surface area contributed by atoms with Gasteiger partial charge in [-0.15, -0.1) is 0 Å². The van der Waals surface area contributed by atoms with E-state index in [4.69, 9.17) is 0 Å². The third-order valence-electron chi connectivity index (χ3n) is 5.38. The Morgan fingerprint density at radius 3 is 2.35 bits per heavy atom. The monoisotopic (exact) mass is 281 g/mol. The second kappa shape index (κ2) is 7.24. The molecule has 2 aliphatic rings. The molecule has 0 spiro atoms. The lowest BCUT2D eigenvalue weighted by Crippen LogP contribution is -2.51. The second-order valence-electron chi connectivity index (χ2n) is 7.70. The standard InChI is InChI=1S/C17H35N3/c1-5-8-19-9-11-20(12-10-19)14-15-13-17(2,3)7-6-16(15)18-4/h15-16,18H,5-14H2,1-4H3. The van der Waals surface area contributed by atoms with E-state index in [1.54, 1.807) is 0 Å². The van der Waals surface area contributed by atoms with Gasteiger partial charge in [-0.2, -0.15) is 0 Å². The van der Waals surface area contributed by atoms with Crippen LogP contribution < -0.4 is 5.32 Å². The van der Waals surface area contributed by atoms with Crippen molar-refractivity contribution in [1.82, 2.24) is 15.1 Å². The van der Waals surface area contributed by atoms with Crippen LogP contribution >= 0.6 is 0 Å². The molecule has 1 aliphatic carbocycles. The fourth-order valence-electron chi connectivity index (χ4n) is 4.15. The summed E-state index contributed by atoms with van der Waals surface area (Å²) in [6, 6.07) is 0.733. The highest BCUT2D eigenvalue weighted by atomic mass is 15.3. The Bertz CT molecular complexity index is 282. The van der Waals surface area contributed by atoms with Crippen molar-refractivity contribution in [1.29, 1.82) is 0 Å². The van der Waals surface area contributed by atoms with E-state index in [1.807, 2.05) is 0 Å². The molecule has 1 aliphatic heterocycles. The molecule has 0 amide bonds. The number of rotatable bonds is 5. The van der Waals surface area contributed by atoms with Crippen molar-refractivity contribution in [2.45, 2.75) is 52.5 Å². The summed E-state index contributed by atoms with van der Waals surface area (Å²) in [5, 5.41) is 3.57. The van der Waals surface area contributed by atoms with E-state index in [2.05, 4.69) is 42.9 Å².